The van der Waals surface area contributed by atoms with Crippen LogP contribution in [-0.4, -0.2) is 21.4 Å². The van der Waals surface area contributed by atoms with Crippen molar-refractivity contribution in [2.24, 2.45) is 0 Å². The average molecular weight is 262 g/mol. The predicted molar refractivity (Wildman–Crippen MR) is 56.5 cm³/mol. The molecule has 0 aliphatic rings. The van der Waals surface area contributed by atoms with E-state index in [0.717, 1.165) is 16.8 Å². The maximum absolute atomic E-state index is 10.5. The second-order valence-corrected chi connectivity index (χ2v) is 3.94. The molecule has 0 atom stereocenters. The van der Waals surface area contributed by atoms with Crippen molar-refractivity contribution >= 4 is 39.3 Å². The summed E-state index contributed by atoms with van der Waals surface area (Å²) in [5.74, 6) is -0.976. The molecular formula is C8H8BrNO2S. The fraction of sp³-hybridized carbons (Fsp3) is 0.250. The van der Waals surface area contributed by atoms with Gasteiger partial charge in [0.1, 0.15) is 5.01 Å². The van der Waals surface area contributed by atoms with Crippen LogP contribution in [0.2, 0.25) is 0 Å². The lowest BCUT2D eigenvalue weighted by Gasteiger charge is -1.83. The van der Waals surface area contributed by atoms with E-state index in [9.17, 15) is 4.79 Å². The van der Waals surface area contributed by atoms with E-state index in [1.165, 1.54) is 16.7 Å². The lowest BCUT2D eigenvalue weighted by atomic mass is 10.4. The molecule has 0 aromatic carbocycles. The van der Waals surface area contributed by atoms with Crippen LogP contribution in [0.25, 0.3) is 6.08 Å². The van der Waals surface area contributed by atoms with Gasteiger partial charge >= 0.3 is 5.97 Å². The zero-order valence-electron chi connectivity index (χ0n) is 6.74. The molecule has 1 aromatic rings. The highest BCUT2D eigenvalue weighted by atomic mass is 79.9. The number of thiazole rings is 1. The van der Waals surface area contributed by atoms with E-state index in [0.29, 0.717) is 0 Å². The summed E-state index contributed by atoms with van der Waals surface area (Å²) >= 11 is 4.62. The smallest absolute Gasteiger partial charge is 0.355 e. The predicted octanol–water partition coefficient (Wildman–Crippen LogP) is 2.64. The van der Waals surface area contributed by atoms with Crippen LogP contribution in [0.3, 0.4) is 0 Å². The van der Waals surface area contributed by atoms with Crippen LogP contribution in [0.15, 0.2) is 11.5 Å². The van der Waals surface area contributed by atoms with Crippen molar-refractivity contribution in [2.75, 3.05) is 5.33 Å². The van der Waals surface area contributed by atoms with Gasteiger partial charge in [-0.25, -0.2) is 9.78 Å². The second kappa shape index (κ2) is 5.14. The molecule has 0 bridgehead atoms. The normalized spacial score (nSPS) is 10.8. The molecule has 13 heavy (non-hydrogen) atoms. The number of hydrogen-bond donors (Lipinski definition) is 1. The summed E-state index contributed by atoms with van der Waals surface area (Å²) in [7, 11) is 0. The van der Waals surface area contributed by atoms with Gasteiger partial charge in [0.05, 0.1) is 0 Å². The van der Waals surface area contributed by atoms with E-state index < -0.39 is 5.97 Å². The molecule has 1 aromatic heterocycles. The molecule has 0 amide bonds. The van der Waals surface area contributed by atoms with Crippen LogP contribution >= 0.6 is 27.3 Å². The van der Waals surface area contributed by atoms with Crippen molar-refractivity contribution in [3.63, 3.8) is 0 Å². The third-order valence-corrected chi connectivity index (χ3v) is 2.55. The molecule has 0 radical (unpaired) electrons. The Morgan fingerprint density at radius 1 is 1.77 bits per heavy atom. The molecule has 1 N–H and O–H groups in total. The molecule has 5 heteroatoms. The molecule has 1 rings (SSSR count). The third-order valence-electron chi connectivity index (χ3n) is 1.28. The largest absolute Gasteiger partial charge is 0.476 e. The number of carbonyl (C=O) groups is 1. The Labute approximate surface area is 88.2 Å². The van der Waals surface area contributed by atoms with Crippen LogP contribution in [0.1, 0.15) is 21.9 Å². The second-order valence-electron chi connectivity index (χ2n) is 2.26. The lowest BCUT2D eigenvalue weighted by molar-refractivity contribution is 0.0691. The number of aromatic nitrogens is 1. The summed E-state index contributed by atoms with van der Waals surface area (Å²) in [4.78, 5) is 14.4. The standard InChI is InChI=1S/C8H8BrNO2S/c9-4-2-1-3-7-10-6(5-13-7)8(11)12/h1,3,5H,2,4H2,(H,11,12). The molecule has 0 saturated carbocycles. The molecule has 0 aliphatic carbocycles. The molecule has 3 nitrogen and oxygen atoms in total. The van der Waals surface area contributed by atoms with Gasteiger partial charge in [-0.15, -0.1) is 11.3 Å². The van der Waals surface area contributed by atoms with Crippen molar-refractivity contribution in [3.05, 3.63) is 22.2 Å². The van der Waals surface area contributed by atoms with Crippen molar-refractivity contribution in [3.8, 4) is 0 Å². The van der Waals surface area contributed by atoms with Crippen LogP contribution < -0.4 is 0 Å². The first-order valence-corrected chi connectivity index (χ1v) is 5.65. The van der Waals surface area contributed by atoms with Crippen molar-refractivity contribution in [1.29, 1.82) is 0 Å². The molecule has 1 heterocycles. The quantitative estimate of drug-likeness (QED) is 0.848. The minimum absolute atomic E-state index is 0.114. The number of carboxylic acid groups (broad SMARTS) is 1. The first-order valence-electron chi connectivity index (χ1n) is 3.65. The molecule has 0 saturated heterocycles. The number of nitrogens with zero attached hydrogens (tertiary/aromatic N) is 1. The minimum atomic E-state index is -0.976. The molecule has 0 aliphatic heterocycles. The Kier molecular flexibility index (Phi) is 4.11. The highest BCUT2D eigenvalue weighted by molar-refractivity contribution is 9.09. The summed E-state index contributed by atoms with van der Waals surface area (Å²) < 4.78 is 0. The van der Waals surface area contributed by atoms with Crippen molar-refractivity contribution in [2.45, 2.75) is 6.42 Å². The topological polar surface area (TPSA) is 50.2 Å². The fourth-order valence-corrected chi connectivity index (χ4v) is 1.69. The lowest BCUT2D eigenvalue weighted by Crippen LogP contribution is -1.95. The van der Waals surface area contributed by atoms with Gasteiger partial charge in [0.25, 0.3) is 0 Å². The third kappa shape index (κ3) is 3.28. The van der Waals surface area contributed by atoms with Crippen LogP contribution in [0.5, 0.6) is 0 Å². The summed E-state index contributed by atoms with van der Waals surface area (Å²) in [6.45, 7) is 0. The van der Waals surface area contributed by atoms with Crippen LogP contribution in [0, 0.1) is 0 Å². The summed E-state index contributed by atoms with van der Waals surface area (Å²) in [5.41, 5.74) is 0.114. The monoisotopic (exact) mass is 261 g/mol. The number of carboxylic acids is 1. The van der Waals surface area contributed by atoms with Gasteiger partial charge in [0.2, 0.25) is 0 Å². The Morgan fingerprint density at radius 3 is 3.08 bits per heavy atom. The number of rotatable bonds is 4. The van der Waals surface area contributed by atoms with Gasteiger partial charge in [0.15, 0.2) is 5.69 Å². The zero-order chi connectivity index (χ0) is 9.68. The Hall–Kier alpha value is -0.680. The van der Waals surface area contributed by atoms with E-state index in [-0.39, 0.29) is 5.69 Å². The summed E-state index contributed by atoms with van der Waals surface area (Å²) in [5, 5.41) is 11.8. The van der Waals surface area contributed by atoms with Gasteiger partial charge < -0.3 is 5.11 Å². The first kappa shape index (κ1) is 10.4. The Balaban J connectivity index is 2.64. The highest BCUT2D eigenvalue weighted by Gasteiger charge is 2.05. The fourth-order valence-electron chi connectivity index (χ4n) is 0.710. The number of aromatic carboxylic acids is 1. The van der Waals surface area contributed by atoms with Gasteiger partial charge in [-0.2, -0.15) is 0 Å². The molecule has 0 unspecified atom stereocenters. The SMILES string of the molecule is O=C(O)c1csc(C=CCCBr)n1. The zero-order valence-corrected chi connectivity index (χ0v) is 9.14. The van der Waals surface area contributed by atoms with Crippen LogP contribution in [-0.2, 0) is 0 Å². The van der Waals surface area contributed by atoms with E-state index in [4.69, 9.17) is 5.11 Å². The number of allylic oxidation sites excluding steroid dienone is 1. The van der Waals surface area contributed by atoms with Gasteiger partial charge in [-0.1, -0.05) is 22.0 Å². The van der Waals surface area contributed by atoms with Crippen molar-refractivity contribution < 1.29 is 9.90 Å². The average Bonchev–Trinajstić information content (AvgIpc) is 2.53. The Bertz CT molecular complexity index is 322. The van der Waals surface area contributed by atoms with Gasteiger partial charge in [-0.3, -0.25) is 0 Å². The van der Waals surface area contributed by atoms with E-state index >= 15 is 0 Å². The minimum Gasteiger partial charge on any atom is -0.476 e. The number of hydrogen-bond acceptors (Lipinski definition) is 3. The van der Waals surface area contributed by atoms with Gasteiger partial charge in [0, 0.05) is 10.7 Å². The van der Waals surface area contributed by atoms with E-state index in [1.54, 1.807) is 0 Å². The van der Waals surface area contributed by atoms with Crippen molar-refractivity contribution in [1.82, 2.24) is 4.98 Å². The Morgan fingerprint density at radius 2 is 2.54 bits per heavy atom. The van der Waals surface area contributed by atoms with E-state index in [1.807, 2.05) is 12.2 Å². The van der Waals surface area contributed by atoms with Crippen LogP contribution in [0.4, 0.5) is 0 Å². The highest BCUT2D eigenvalue weighted by Crippen LogP contribution is 2.11. The number of halogens is 1. The molecular weight excluding hydrogens is 254 g/mol. The number of alkyl halides is 1. The van der Waals surface area contributed by atoms with Gasteiger partial charge in [-0.05, 0) is 12.5 Å². The molecule has 70 valence electrons. The first-order chi connectivity index (χ1) is 6.24. The summed E-state index contributed by atoms with van der Waals surface area (Å²) in [6, 6.07) is 0. The summed E-state index contributed by atoms with van der Waals surface area (Å²) in [6.07, 6.45) is 4.71. The maximum atomic E-state index is 10.5. The maximum Gasteiger partial charge on any atom is 0.355 e. The molecule has 0 spiro atoms. The van der Waals surface area contributed by atoms with E-state index in [2.05, 4.69) is 20.9 Å². The molecule has 0 fully saturated rings.